The van der Waals surface area contributed by atoms with Crippen molar-refractivity contribution in [3.63, 3.8) is 0 Å². The minimum Gasteiger partial charge on any atom is -0.497 e. The first kappa shape index (κ1) is 17.1. The van der Waals surface area contributed by atoms with E-state index in [1.54, 1.807) is 7.11 Å². The van der Waals surface area contributed by atoms with Gasteiger partial charge >= 0.3 is 0 Å². The van der Waals surface area contributed by atoms with Gasteiger partial charge < -0.3 is 15.0 Å². The first-order valence-corrected chi connectivity index (χ1v) is 8.41. The number of ether oxygens (including phenoxy) is 1. The van der Waals surface area contributed by atoms with E-state index in [9.17, 15) is 4.79 Å². The molecule has 0 spiro atoms. The van der Waals surface area contributed by atoms with Crippen LogP contribution in [0.15, 0.2) is 54.7 Å². The van der Waals surface area contributed by atoms with Crippen LogP contribution in [0.2, 0.25) is 0 Å². The molecule has 0 radical (unpaired) electrons. The van der Waals surface area contributed by atoms with Gasteiger partial charge in [0.2, 0.25) is 5.91 Å². The van der Waals surface area contributed by atoms with Crippen LogP contribution in [0, 0.1) is 0 Å². The first-order chi connectivity index (χ1) is 11.9. The fourth-order valence-electron chi connectivity index (χ4n) is 3.04. The molecule has 0 bridgehead atoms. The Balaban J connectivity index is 2.09. The number of hydrogen-bond acceptors (Lipinski definition) is 2. The molecule has 2 N–H and O–H groups in total. The van der Waals surface area contributed by atoms with Crippen LogP contribution >= 0.6 is 0 Å². The second-order valence-corrected chi connectivity index (χ2v) is 7.24. The van der Waals surface area contributed by atoms with E-state index in [1.807, 2.05) is 75.5 Å². The molecule has 1 aromatic heterocycles. The number of carbonyl (C=O) groups is 1. The van der Waals surface area contributed by atoms with Gasteiger partial charge in [-0.1, -0.05) is 30.3 Å². The Hall–Kier alpha value is -2.75. The summed E-state index contributed by atoms with van der Waals surface area (Å²) in [5, 5.41) is 4.18. The molecule has 0 saturated carbocycles. The molecule has 4 heteroatoms. The van der Waals surface area contributed by atoms with Crippen LogP contribution in [-0.2, 0) is 4.79 Å². The lowest BCUT2D eigenvalue weighted by atomic mass is 9.89. The molecule has 25 heavy (non-hydrogen) atoms. The van der Waals surface area contributed by atoms with E-state index in [0.29, 0.717) is 0 Å². The zero-order valence-corrected chi connectivity index (χ0v) is 15.1. The van der Waals surface area contributed by atoms with Crippen LogP contribution in [0.1, 0.15) is 37.8 Å². The molecule has 2 aromatic carbocycles. The maximum Gasteiger partial charge on any atom is 0.232 e. The molecule has 0 aliphatic heterocycles. The number of benzene rings is 2. The molecule has 1 amide bonds. The number of aromatic amines is 1. The van der Waals surface area contributed by atoms with E-state index in [-0.39, 0.29) is 17.4 Å². The predicted molar refractivity (Wildman–Crippen MR) is 101 cm³/mol. The van der Waals surface area contributed by atoms with Crippen molar-refractivity contribution in [2.75, 3.05) is 7.11 Å². The average molecular weight is 336 g/mol. The molecule has 0 fully saturated rings. The Labute approximate surface area is 148 Å². The van der Waals surface area contributed by atoms with E-state index in [0.717, 1.165) is 27.8 Å². The van der Waals surface area contributed by atoms with Gasteiger partial charge in [-0.05, 0) is 50.1 Å². The summed E-state index contributed by atoms with van der Waals surface area (Å²) < 4.78 is 5.24. The highest BCUT2D eigenvalue weighted by Crippen LogP contribution is 2.32. The van der Waals surface area contributed by atoms with Gasteiger partial charge in [0.05, 0.1) is 13.0 Å². The molecule has 4 nitrogen and oxygen atoms in total. The number of methoxy groups -OCH3 is 1. The van der Waals surface area contributed by atoms with Crippen LogP contribution in [0.3, 0.4) is 0 Å². The second kappa shape index (κ2) is 6.63. The average Bonchev–Trinajstić information content (AvgIpc) is 2.98. The van der Waals surface area contributed by atoms with Gasteiger partial charge in [-0.25, -0.2) is 0 Å². The Morgan fingerprint density at radius 1 is 1.08 bits per heavy atom. The van der Waals surface area contributed by atoms with Gasteiger partial charge in [0, 0.05) is 22.6 Å². The minimum absolute atomic E-state index is 0.0116. The van der Waals surface area contributed by atoms with Crippen molar-refractivity contribution in [3.05, 3.63) is 65.9 Å². The standard InChI is InChI=1S/C21H24N2O2/c1-21(2,3)23-20(24)19(14-9-11-15(25-4)12-10-14)17-13-22-18-8-6-5-7-16(17)18/h5-13,19,22H,1-4H3,(H,23,24). The van der Waals surface area contributed by atoms with Crippen LogP contribution < -0.4 is 10.1 Å². The third-order valence-corrected chi connectivity index (χ3v) is 4.14. The minimum atomic E-state index is -0.388. The van der Waals surface area contributed by atoms with Crippen LogP contribution in [0.4, 0.5) is 0 Å². The number of carbonyl (C=O) groups excluding carboxylic acids is 1. The third-order valence-electron chi connectivity index (χ3n) is 4.14. The topological polar surface area (TPSA) is 54.1 Å². The largest absolute Gasteiger partial charge is 0.497 e. The van der Waals surface area contributed by atoms with E-state index >= 15 is 0 Å². The highest BCUT2D eigenvalue weighted by atomic mass is 16.5. The Morgan fingerprint density at radius 3 is 2.40 bits per heavy atom. The van der Waals surface area contributed by atoms with E-state index in [4.69, 9.17) is 4.74 Å². The van der Waals surface area contributed by atoms with Crippen LogP contribution in [0.5, 0.6) is 5.75 Å². The number of aromatic nitrogens is 1. The summed E-state index contributed by atoms with van der Waals surface area (Å²) in [5.41, 5.74) is 2.64. The van der Waals surface area contributed by atoms with Gasteiger partial charge in [0.25, 0.3) is 0 Å². The van der Waals surface area contributed by atoms with Crippen molar-refractivity contribution < 1.29 is 9.53 Å². The first-order valence-electron chi connectivity index (χ1n) is 8.41. The van der Waals surface area contributed by atoms with Gasteiger partial charge in [0.15, 0.2) is 0 Å². The zero-order chi connectivity index (χ0) is 18.0. The fraction of sp³-hybridized carbons (Fsp3) is 0.286. The van der Waals surface area contributed by atoms with Crippen molar-refractivity contribution in [2.45, 2.75) is 32.2 Å². The normalized spacial score (nSPS) is 12.8. The summed E-state index contributed by atoms with van der Waals surface area (Å²) in [6, 6.07) is 15.7. The van der Waals surface area contributed by atoms with Gasteiger partial charge in [-0.2, -0.15) is 0 Å². The Morgan fingerprint density at radius 2 is 1.76 bits per heavy atom. The number of H-pyrrole nitrogens is 1. The lowest BCUT2D eigenvalue weighted by Crippen LogP contribution is -2.43. The monoisotopic (exact) mass is 336 g/mol. The number of para-hydroxylation sites is 1. The molecule has 1 atom stereocenters. The zero-order valence-electron chi connectivity index (χ0n) is 15.1. The van der Waals surface area contributed by atoms with Gasteiger partial charge in [0.1, 0.15) is 5.75 Å². The molecule has 1 heterocycles. The van der Waals surface area contributed by atoms with Gasteiger partial charge in [-0.15, -0.1) is 0 Å². The SMILES string of the molecule is COc1ccc(C(C(=O)NC(C)(C)C)c2c[nH]c3ccccc23)cc1. The fourth-order valence-corrected chi connectivity index (χ4v) is 3.04. The van der Waals surface area contributed by atoms with Crippen molar-refractivity contribution >= 4 is 16.8 Å². The van der Waals surface area contributed by atoms with Crippen molar-refractivity contribution in [3.8, 4) is 5.75 Å². The van der Waals surface area contributed by atoms with Gasteiger partial charge in [-0.3, -0.25) is 4.79 Å². The van der Waals surface area contributed by atoms with E-state index < -0.39 is 0 Å². The molecule has 0 aliphatic rings. The van der Waals surface area contributed by atoms with E-state index in [2.05, 4.69) is 10.3 Å². The van der Waals surface area contributed by atoms with E-state index in [1.165, 1.54) is 0 Å². The summed E-state index contributed by atoms with van der Waals surface area (Å²) in [4.78, 5) is 16.4. The molecule has 3 aromatic rings. The number of hydrogen-bond donors (Lipinski definition) is 2. The highest BCUT2D eigenvalue weighted by molar-refractivity contribution is 5.94. The van der Waals surface area contributed by atoms with Crippen molar-refractivity contribution in [1.29, 1.82) is 0 Å². The summed E-state index contributed by atoms with van der Waals surface area (Å²) >= 11 is 0. The summed E-state index contributed by atoms with van der Waals surface area (Å²) in [7, 11) is 1.64. The molecule has 130 valence electrons. The molecule has 3 rings (SSSR count). The smallest absolute Gasteiger partial charge is 0.232 e. The summed E-state index contributed by atoms with van der Waals surface area (Å²) in [5.74, 6) is 0.376. The number of amides is 1. The molecule has 0 aliphatic carbocycles. The highest BCUT2D eigenvalue weighted by Gasteiger charge is 2.28. The molecular weight excluding hydrogens is 312 g/mol. The Kier molecular flexibility index (Phi) is 4.53. The maximum absolute atomic E-state index is 13.1. The molecular formula is C21H24N2O2. The molecule has 1 unspecified atom stereocenters. The number of rotatable bonds is 4. The third kappa shape index (κ3) is 3.68. The number of nitrogens with one attached hydrogen (secondary N) is 2. The lowest BCUT2D eigenvalue weighted by Gasteiger charge is -2.25. The Bertz CT molecular complexity index is 873. The predicted octanol–water partition coefficient (Wildman–Crippen LogP) is 4.22. The second-order valence-electron chi connectivity index (χ2n) is 7.24. The quantitative estimate of drug-likeness (QED) is 0.749. The van der Waals surface area contributed by atoms with Crippen LogP contribution in [-0.4, -0.2) is 23.5 Å². The van der Waals surface area contributed by atoms with Crippen LogP contribution in [0.25, 0.3) is 10.9 Å². The number of fused-ring (bicyclic) bond motifs is 1. The van der Waals surface area contributed by atoms with Crippen molar-refractivity contribution in [2.24, 2.45) is 0 Å². The maximum atomic E-state index is 13.1. The lowest BCUT2D eigenvalue weighted by molar-refractivity contribution is -0.123. The summed E-state index contributed by atoms with van der Waals surface area (Å²) in [6.45, 7) is 5.97. The van der Waals surface area contributed by atoms with Crippen molar-refractivity contribution in [1.82, 2.24) is 10.3 Å². The summed E-state index contributed by atoms with van der Waals surface area (Å²) in [6.07, 6.45) is 1.93. The molecule has 0 saturated heterocycles.